The van der Waals surface area contributed by atoms with Crippen LogP contribution >= 0.6 is 0 Å². The van der Waals surface area contributed by atoms with E-state index in [4.69, 9.17) is 15.0 Å². The Labute approximate surface area is 207 Å². The number of nitriles is 1. The second kappa shape index (κ2) is 9.72. The van der Waals surface area contributed by atoms with Crippen molar-refractivity contribution in [1.29, 1.82) is 5.26 Å². The minimum absolute atomic E-state index is 0.196. The van der Waals surface area contributed by atoms with E-state index in [9.17, 15) is 14.7 Å². The van der Waals surface area contributed by atoms with Crippen molar-refractivity contribution in [3.05, 3.63) is 101 Å². The van der Waals surface area contributed by atoms with E-state index in [1.807, 2.05) is 48.5 Å². The fourth-order valence-electron chi connectivity index (χ4n) is 4.31. The number of hydrogen-bond donors (Lipinski definition) is 2. The zero-order chi connectivity index (χ0) is 25.1. The molecule has 1 aliphatic rings. The summed E-state index contributed by atoms with van der Waals surface area (Å²) in [6, 6.07) is 22.7. The normalized spacial score (nSPS) is 13.2. The van der Waals surface area contributed by atoms with Gasteiger partial charge in [-0.2, -0.15) is 5.26 Å². The van der Waals surface area contributed by atoms with Crippen LogP contribution in [0.25, 0.3) is 22.6 Å². The molecule has 36 heavy (non-hydrogen) atoms. The van der Waals surface area contributed by atoms with Crippen LogP contribution < -0.4 is 5.32 Å². The van der Waals surface area contributed by atoms with E-state index in [1.54, 1.807) is 36.4 Å². The van der Waals surface area contributed by atoms with E-state index >= 15 is 0 Å². The number of para-hydroxylation sites is 1. The molecule has 4 aromatic rings. The summed E-state index contributed by atoms with van der Waals surface area (Å²) in [5.74, 6) is -0.858. The first-order valence-corrected chi connectivity index (χ1v) is 11.4. The lowest BCUT2D eigenvalue weighted by molar-refractivity contribution is -0.119. The van der Waals surface area contributed by atoms with Gasteiger partial charge in [0.2, 0.25) is 0 Å². The van der Waals surface area contributed by atoms with Crippen LogP contribution in [0.2, 0.25) is 0 Å². The summed E-state index contributed by atoms with van der Waals surface area (Å²) in [5, 5.41) is 21.8. The first kappa shape index (κ1) is 22.8. The molecule has 5 rings (SSSR count). The van der Waals surface area contributed by atoms with Crippen LogP contribution in [0, 0.1) is 11.3 Å². The monoisotopic (exact) mass is 475 g/mol. The molecule has 0 spiro atoms. The van der Waals surface area contributed by atoms with Crippen molar-refractivity contribution in [2.24, 2.45) is 0 Å². The van der Waals surface area contributed by atoms with Crippen LogP contribution in [0.1, 0.15) is 39.2 Å². The summed E-state index contributed by atoms with van der Waals surface area (Å²) in [7, 11) is 0. The van der Waals surface area contributed by atoms with E-state index in [0.717, 1.165) is 22.4 Å². The van der Waals surface area contributed by atoms with Crippen molar-refractivity contribution >= 4 is 40.1 Å². The Morgan fingerprint density at radius 3 is 2.53 bits per heavy atom. The van der Waals surface area contributed by atoms with Crippen LogP contribution in [0.4, 0.5) is 5.69 Å². The SMILES string of the molecule is N#Cc1ccc(NC(=O)COC(=O)c2c3c(nc4ccccc24)/C(=C/c2ccc(O)cc2)CC3)cc1. The summed E-state index contributed by atoms with van der Waals surface area (Å²) in [6.45, 7) is -0.444. The smallest absolute Gasteiger partial charge is 0.339 e. The second-order valence-electron chi connectivity index (χ2n) is 8.41. The Morgan fingerprint density at radius 2 is 1.78 bits per heavy atom. The maximum absolute atomic E-state index is 13.2. The van der Waals surface area contributed by atoms with Gasteiger partial charge in [0.15, 0.2) is 6.61 Å². The average Bonchev–Trinajstić information content (AvgIpc) is 3.29. The number of anilines is 1. The van der Waals surface area contributed by atoms with Gasteiger partial charge in [-0.3, -0.25) is 4.79 Å². The number of aromatic hydroxyl groups is 1. The van der Waals surface area contributed by atoms with Gasteiger partial charge < -0.3 is 15.2 Å². The zero-order valence-electron chi connectivity index (χ0n) is 19.2. The van der Waals surface area contributed by atoms with Gasteiger partial charge in [-0.05, 0) is 78.1 Å². The summed E-state index contributed by atoms with van der Waals surface area (Å²) in [4.78, 5) is 30.5. The highest BCUT2D eigenvalue weighted by atomic mass is 16.5. The van der Waals surface area contributed by atoms with Crippen LogP contribution in [-0.4, -0.2) is 28.6 Å². The summed E-state index contributed by atoms with van der Waals surface area (Å²) in [6.07, 6.45) is 3.34. The summed E-state index contributed by atoms with van der Waals surface area (Å²) >= 11 is 0. The maximum atomic E-state index is 13.2. The van der Waals surface area contributed by atoms with Gasteiger partial charge in [-0.25, -0.2) is 9.78 Å². The van der Waals surface area contributed by atoms with E-state index < -0.39 is 18.5 Å². The quantitative estimate of drug-likeness (QED) is 0.389. The maximum Gasteiger partial charge on any atom is 0.339 e. The molecule has 0 atom stereocenters. The molecule has 1 aromatic heterocycles. The predicted molar refractivity (Wildman–Crippen MR) is 136 cm³/mol. The molecule has 1 heterocycles. The number of rotatable bonds is 5. The Morgan fingerprint density at radius 1 is 1.03 bits per heavy atom. The van der Waals surface area contributed by atoms with Gasteiger partial charge in [-0.1, -0.05) is 30.3 Å². The highest BCUT2D eigenvalue weighted by Crippen LogP contribution is 2.38. The highest BCUT2D eigenvalue weighted by Gasteiger charge is 2.28. The average molecular weight is 476 g/mol. The molecular weight excluding hydrogens is 454 g/mol. The van der Waals surface area contributed by atoms with Crippen LogP contribution in [0.15, 0.2) is 72.8 Å². The van der Waals surface area contributed by atoms with Crippen molar-refractivity contribution < 1.29 is 19.4 Å². The molecular formula is C29H21N3O4. The minimum atomic E-state index is -0.578. The Bertz CT molecular complexity index is 1550. The number of allylic oxidation sites excluding steroid dienone is 1. The first-order chi connectivity index (χ1) is 17.5. The number of pyridine rings is 1. The van der Waals surface area contributed by atoms with Crippen molar-refractivity contribution in [2.45, 2.75) is 12.8 Å². The number of phenolic OH excluding ortho intramolecular Hbond substituents is 1. The zero-order valence-corrected chi connectivity index (χ0v) is 19.2. The third-order valence-corrected chi connectivity index (χ3v) is 6.01. The number of ether oxygens (including phenoxy) is 1. The van der Waals surface area contributed by atoms with Gasteiger partial charge in [-0.15, -0.1) is 0 Å². The number of phenols is 1. The number of fused-ring (bicyclic) bond motifs is 2. The number of esters is 1. The molecule has 0 saturated heterocycles. The number of hydrogen-bond acceptors (Lipinski definition) is 6. The number of carbonyl (C=O) groups excluding carboxylic acids is 2. The van der Waals surface area contributed by atoms with E-state index in [-0.39, 0.29) is 5.75 Å². The molecule has 7 heteroatoms. The number of aromatic nitrogens is 1. The standard InChI is InChI=1S/C29H21N3O4/c30-16-19-5-10-21(11-6-19)31-26(34)17-36-29(35)27-23-3-1-2-4-25(23)32-28-20(9-14-24(27)28)15-18-7-12-22(33)13-8-18/h1-8,10-13,15,33H,9,14,17H2,(H,31,34)/b20-15+. The van der Waals surface area contributed by atoms with E-state index in [0.29, 0.717) is 40.6 Å². The summed E-state index contributed by atoms with van der Waals surface area (Å²) < 4.78 is 5.43. The molecule has 0 fully saturated rings. The van der Waals surface area contributed by atoms with Crippen LogP contribution in [-0.2, 0) is 16.0 Å². The van der Waals surface area contributed by atoms with Crippen molar-refractivity contribution in [3.63, 3.8) is 0 Å². The van der Waals surface area contributed by atoms with E-state index in [1.165, 1.54) is 0 Å². The van der Waals surface area contributed by atoms with Gasteiger partial charge in [0.05, 0.1) is 28.4 Å². The largest absolute Gasteiger partial charge is 0.508 e. The highest BCUT2D eigenvalue weighted by molar-refractivity contribution is 6.08. The molecule has 1 amide bonds. The van der Waals surface area contributed by atoms with Gasteiger partial charge >= 0.3 is 5.97 Å². The number of nitrogens with zero attached hydrogens (tertiary/aromatic N) is 2. The van der Waals surface area contributed by atoms with Crippen molar-refractivity contribution in [2.75, 3.05) is 11.9 Å². The fourth-order valence-corrected chi connectivity index (χ4v) is 4.31. The number of nitrogens with one attached hydrogen (secondary N) is 1. The third kappa shape index (κ3) is 4.65. The lowest BCUT2D eigenvalue weighted by Gasteiger charge is -2.12. The molecule has 7 nitrogen and oxygen atoms in total. The van der Waals surface area contributed by atoms with Gasteiger partial charge in [0.1, 0.15) is 5.75 Å². The molecule has 176 valence electrons. The predicted octanol–water partition coefficient (Wildman–Crippen LogP) is 5.09. The second-order valence-corrected chi connectivity index (χ2v) is 8.41. The Kier molecular flexibility index (Phi) is 6.16. The van der Waals surface area contributed by atoms with Crippen molar-refractivity contribution in [1.82, 2.24) is 4.98 Å². The molecule has 0 unspecified atom stereocenters. The number of carbonyl (C=O) groups is 2. The van der Waals surface area contributed by atoms with Crippen LogP contribution in [0.5, 0.6) is 5.75 Å². The first-order valence-electron chi connectivity index (χ1n) is 11.4. The summed E-state index contributed by atoms with van der Waals surface area (Å²) in [5.41, 5.74) is 5.56. The van der Waals surface area contributed by atoms with Crippen molar-refractivity contribution in [3.8, 4) is 11.8 Å². The molecule has 0 radical (unpaired) electrons. The number of amides is 1. The Balaban J connectivity index is 1.40. The third-order valence-electron chi connectivity index (χ3n) is 6.01. The lowest BCUT2D eigenvalue weighted by atomic mass is 10.0. The topological polar surface area (TPSA) is 112 Å². The molecule has 0 saturated carbocycles. The molecule has 2 N–H and O–H groups in total. The molecule has 0 bridgehead atoms. The molecule has 3 aromatic carbocycles. The fraction of sp³-hybridized carbons (Fsp3) is 0.103. The molecule has 1 aliphatic carbocycles. The minimum Gasteiger partial charge on any atom is -0.508 e. The van der Waals surface area contributed by atoms with E-state index in [2.05, 4.69) is 5.32 Å². The number of benzene rings is 3. The van der Waals surface area contributed by atoms with Gasteiger partial charge in [0, 0.05) is 11.1 Å². The molecule has 0 aliphatic heterocycles. The van der Waals surface area contributed by atoms with Crippen LogP contribution in [0.3, 0.4) is 0 Å². The lowest BCUT2D eigenvalue weighted by Crippen LogP contribution is -2.21. The van der Waals surface area contributed by atoms with Gasteiger partial charge in [0.25, 0.3) is 5.91 Å². The Hall–Kier alpha value is -4.96.